The number of rotatable bonds is 4. The first-order valence-electron chi connectivity index (χ1n) is 4.20. The summed E-state index contributed by atoms with van der Waals surface area (Å²) in [6.07, 6.45) is 5.18. The molecule has 2 heteroatoms. The van der Waals surface area contributed by atoms with E-state index in [1.807, 2.05) is 12.4 Å². The van der Waals surface area contributed by atoms with E-state index >= 15 is 0 Å². The van der Waals surface area contributed by atoms with Crippen LogP contribution >= 0.6 is 0 Å². The first kappa shape index (κ1) is 8.34. The Hall–Kier alpha value is -0.760. The van der Waals surface area contributed by atoms with Crippen LogP contribution in [0.4, 0.5) is 0 Å². The highest BCUT2D eigenvalue weighted by Crippen LogP contribution is 2.09. The van der Waals surface area contributed by atoms with Crippen molar-refractivity contribution in [1.82, 2.24) is 10.3 Å². The molecule has 0 aliphatic rings. The Bertz CT molecular complexity index is 179. The van der Waals surface area contributed by atoms with Gasteiger partial charge in [-0.1, -0.05) is 6.92 Å². The van der Waals surface area contributed by atoms with Gasteiger partial charge in [0.15, 0.2) is 0 Å². The molecule has 1 rings (SSSR count). The van der Waals surface area contributed by atoms with E-state index in [9.17, 15) is 0 Å². The smallest absolute Gasteiger partial charge is 0.0306 e. The summed E-state index contributed by atoms with van der Waals surface area (Å²) in [6.45, 7) is 5.45. The van der Waals surface area contributed by atoms with Crippen LogP contribution in [0.2, 0.25) is 0 Å². The van der Waals surface area contributed by atoms with Crippen molar-refractivity contribution >= 4 is 0 Å². The molecule has 0 aromatic carbocycles. The normalized spacial score (nSPS) is 13.3. The van der Waals surface area contributed by atoms with E-state index in [-0.39, 0.29) is 0 Å². The van der Waals surface area contributed by atoms with Crippen LogP contribution in [-0.4, -0.2) is 11.5 Å². The second-order valence-electron chi connectivity index (χ2n) is 2.82. The summed E-state index contributed by atoms with van der Waals surface area (Å²) >= 11 is 0. The third-order valence-electron chi connectivity index (χ3n) is 1.82. The van der Waals surface area contributed by atoms with Crippen LogP contribution in [0.3, 0.4) is 0 Å². The lowest BCUT2D eigenvalue weighted by molar-refractivity contribution is 0.571. The summed E-state index contributed by atoms with van der Waals surface area (Å²) < 4.78 is 0. The molecule has 0 unspecified atom stereocenters. The SMILES string of the molecule is CCCN[C@@H](C)c1cc[nH]c1. The highest BCUT2D eigenvalue weighted by molar-refractivity contribution is 5.12. The van der Waals surface area contributed by atoms with E-state index in [0.29, 0.717) is 6.04 Å². The lowest BCUT2D eigenvalue weighted by atomic mass is 10.2. The number of H-pyrrole nitrogens is 1. The first-order valence-corrected chi connectivity index (χ1v) is 4.20. The van der Waals surface area contributed by atoms with E-state index in [0.717, 1.165) is 6.54 Å². The predicted molar refractivity (Wildman–Crippen MR) is 47.5 cm³/mol. The lowest BCUT2D eigenvalue weighted by Crippen LogP contribution is -2.18. The molecular formula is C9H16N2. The van der Waals surface area contributed by atoms with E-state index in [1.54, 1.807) is 0 Å². The maximum Gasteiger partial charge on any atom is 0.0306 e. The van der Waals surface area contributed by atoms with Crippen molar-refractivity contribution in [2.45, 2.75) is 26.3 Å². The fraction of sp³-hybridized carbons (Fsp3) is 0.556. The van der Waals surface area contributed by atoms with Gasteiger partial charge in [-0.2, -0.15) is 0 Å². The average Bonchev–Trinajstić information content (AvgIpc) is 2.52. The molecule has 0 spiro atoms. The van der Waals surface area contributed by atoms with Gasteiger partial charge >= 0.3 is 0 Å². The topological polar surface area (TPSA) is 27.8 Å². The predicted octanol–water partition coefficient (Wildman–Crippen LogP) is 2.08. The molecule has 11 heavy (non-hydrogen) atoms. The second kappa shape index (κ2) is 4.19. The van der Waals surface area contributed by atoms with Crippen LogP contribution < -0.4 is 5.32 Å². The average molecular weight is 152 g/mol. The van der Waals surface area contributed by atoms with Gasteiger partial charge in [0.05, 0.1) is 0 Å². The fourth-order valence-corrected chi connectivity index (χ4v) is 1.08. The number of hydrogen-bond donors (Lipinski definition) is 2. The van der Waals surface area contributed by atoms with E-state index < -0.39 is 0 Å². The van der Waals surface area contributed by atoms with Gasteiger partial charge in [0.25, 0.3) is 0 Å². The van der Waals surface area contributed by atoms with Crippen LogP contribution in [0.5, 0.6) is 0 Å². The molecule has 1 aromatic heterocycles. The summed E-state index contributed by atoms with van der Waals surface area (Å²) in [5.41, 5.74) is 1.33. The van der Waals surface area contributed by atoms with Gasteiger partial charge in [0, 0.05) is 18.4 Å². The Labute approximate surface area is 68.0 Å². The fourth-order valence-electron chi connectivity index (χ4n) is 1.08. The molecule has 1 atom stereocenters. The number of aromatic amines is 1. The molecule has 0 aliphatic heterocycles. The highest BCUT2D eigenvalue weighted by atomic mass is 14.9. The minimum Gasteiger partial charge on any atom is -0.367 e. The Morgan fingerprint density at radius 2 is 2.45 bits per heavy atom. The van der Waals surface area contributed by atoms with E-state index in [2.05, 4.69) is 30.2 Å². The summed E-state index contributed by atoms with van der Waals surface area (Å²) in [5.74, 6) is 0. The van der Waals surface area contributed by atoms with Crippen LogP contribution in [0.15, 0.2) is 18.5 Å². The van der Waals surface area contributed by atoms with Crippen LogP contribution in [0.1, 0.15) is 31.9 Å². The molecule has 0 aliphatic carbocycles. The highest BCUT2D eigenvalue weighted by Gasteiger charge is 2.01. The molecular weight excluding hydrogens is 136 g/mol. The Balaban J connectivity index is 2.36. The van der Waals surface area contributed by atoms with Crippen molar-refractivity contribution in [3.8, 4) is 0 Å². The van der Waals surface area contributed by atoms with Crippen molar-refractivity contribution in [3.05, 3.63) is 24.0 Å². The van der Waals surface area contributed by atoms with Crippen LogP contribution in [-0.2, 0) is 0 Å². The summed E-state index contributed by atoms with van der Waals surface area (Å²) in [4.78, 5) is 3.05. The Kier molecular flexibility index (Phi) is 3.17. The minimum atomic E-state index is 0.473. The van der Waals surface area contributed by atoms with Gasteiger partial charge < -0.3 is 10.3 Å². The maximum atomic E-state index is 3.41. The van der Waals surface area contributed by atoms with Crippen molar-refractivity contribution < 1.29 is 0 Å². The molecule has 0 amide bonds. The van der Waals surface area contributed by atoms with E-state index in [4.69, 9.17) is 0 Å². The largest absolute Gasteiger partial charge is 0.367 e. The van der Waals surface area contributed by atoms with Gasteiger partial charge in [0.1, 0.15) is 0 Å². The van der Waals surface area contributed by atoms with Gasteiger partial charge in [-0.3, -0.25) is 0 Å². The lowest BCUT2D eigenvalue weighted by Gasteiger charge is -2.10. The summed E-state index contributed by atoms with van der Waals surface area (Å²) in [7, 11) is 0. The monoisotopic (exact) mass is 152 g/mol. The molecule has 62 valence electrons. The van der Waals surface area contributed by atoms with Crippen molar-refractivity contribution in [1.29, 1.82) is 0 Å². The summed E-state index contributed by atoms with van der Waals surface area (Å²) in [6, 6.07) is 2.58. The second-order valence-corrected chi connectivity index (χ2v) is 2.82. The molecule has 0 bridgehead atoms. The standard InChI is InChI=1S/C9H16N2/c1-3-5-11-8(2)9-4-6-10-7-9/h4,6-8,10-11H,3,5H2,1-2H3/t8-/m0/s1. The summed E-state index contributed by atoms with van der Waals surface area (Å²) in [5, 5.41) is 3.41. The molecule has 2 nitrogen and oxygen atoms in total. The van der Waals surface area contributed by atoms with Gasteiger partial charge in [-0.15, -0.1) is 0 Å². The maximum absolute atomic E-state index is 3.41. The first-order chi connectivity index (χ1) is 5.34. The third-order valence-corrected chi connectivity index (χ3v) is 1.82. The number of hydrogen-bond acceptors (Lipinski definition) is 1. The van der Waals surface area contributed by atoms with Crippen molar-refractivity contribution in [2.75, 3.05) is 6.54 Å². The van der Waals surface area contributed by atoms with E-state index in [1.165, 1.54) is 12.0 Å². The molecule has 0 radical (unpaired) electrons. The Morgan fingerprint density at radius 1 is 1.64 bits per heavy atom. The molecule has 0 fully saturated rings. The molecule has 1 aromatic rings. The van der Waals surface area contributed by atoms with Gasteiger partial charge in [0.2, 0.25) is 0 Å². The zero-order valence-corrected chi connectivity index (χ0v) is 7.22. The third kappa shape index (κ3) is 2.39. The molecule has 0 saturated carbocycles. The molecule has 0 saturated heterocycles. The quantitative estimate of drug-likeness (QED) is 0.679. The van der Waals surface area contributed by atoms with Gasteiger partial charge in [-0.05, 0) is 31.5 Å². The zero-order chi connectivity index (χ0) is 8.10. The van der Waals surface area contributed by atoms with Crippen molar-refractivity contribution in [2.24, 2.45) is 0 Å². The van der Waals surface area contributed by atoms with Crippen LogP contribution in [0, 0.1) is 0 Å². The molecule has 1 heterocycles. The minimum absolute atomic E-state index is 0.473. The van der Waals surface area contributed by atoms with Crippen LogP contribution in [0.25, 0.3) is 0 Å². The molecule has 2 N–H and O–H groups in total. The number of aromatic nitrogens is 1. The van der Waals surface area contributed by atoms with Gasteiger partial charge in [-0.25, -0.2) is 0 Å². The Morgan fingerprint density at radius 3 is 3.00 bits per heavy atom. The van der Waals surface area contributed by atoms with Crippen molar-refractivity contribution in [3.63, 3.8) is 0 Å². The number of nitrogens with one attached hydrogen (secondary N) is 2. The zero-order valence-electron chi connectivity index (χ0n) is 7.22.